The molecule has 0 fully saturated rings. The molecule has 0 spiro atoms. The Morgan fingerprint density at radius 3 is 2.31 bits per heavy atom. The molecule has 0 aliphatic carbocycles. The van der Waals surface area contributed by atoms with E-state index in [4.69, 9.17) is 28.0 Å². The number of H-pyrrole nitrogens is 1. The summed E-state index contributed by atoms with van der Waals surface area (Å²) in [5, 5.41) is 17.4. The number of nitrogens with two attached hydrogens (primary N) is 4. The molecule has 0 saturated carbocycles. The van der Waals surface area contributed by atoms with Crippen LogP contribution in [0.4, 0.5) is 0 Å². The van der Waals surface area contributed by atoms with Crippen LogP contribution in [0, 0.1) is 0 Å². The van der Waals surface area contributed by atoms with Gasteiger partial charge in [-0.25, -0.2) is 0 Å². The van der Waals surface area contributed by atoms with Crippen LogP contribution in [0.5, 0.6) is 0 Å². The molecule has 1 heterocycles. The smallest absolute Gasteiger partial charge is 0.322 e. The first kappa shape index (κ1) is 31.1. The summed E-state index contributed by atoms with van der Waals surface area (Å²) in [5.74, 6) is -3.13. The quantitative estimate of drug-likeness (QED) is 0.0628. The molecule has 214 valence electrons. The number of nitrogens with one attached hydrogen (secondary N) is 4. The number of unbranched alkanes of at least 4 members (excludes halogenated alkanes) is 1. The number of carbonyl (C=O) groups is 4. The number of benzene rings is 1. The second-order valence-corrected chi connectivity index (χ2v) is 9.14. The van der Waals surface area contributed by atoms with E-state index < -0.39 is 48.4 Å². The van der Waals surface area contributed by atoms with Gasteiger partial charge in [-0.05, 0) is 56.7 Å². The van der Waals surface area contributed by atoms with E-state index in [0.717, 1.165) is 16.5 Å². The Morgan fingerprint density at radius 2 is 1.62 bits per heavy atom. The predicted octanol–water partition coefficient (Wildman–Crippen LogP) is -1.61. The maximum absolute atomic E-state index is 13.2. The van der Waals surface area contributed by atoms with Crippen molar-refractivity contribution in [2.24, 2.45) is 27.9 Å². The third-order valence-electron chi connectivity index (χ3n) is 6.02. The standard InChI is InChI=1S/C25H39N9O5/c26-10-4-3-8-19(23(38)32-14-21(35)36)34-24(39)20(9-5-11-30-25(28)29)33-22(37)17(27)12-15-13-31-18-7-2-1-6-16(15)18/h1-2,6-7,13,17,19-20,31H,3-5,8-12,14,26-27H2,(H,32,38)(H,33,37)(H,34,39)(H,35,36)(H4,28,29,30). The van der Waals surface area contributed by atoms with E-state index in [2.05, 4.69) is 25.9 Å². The fourth-order valence-corrected chi connectivity index (χ4v) is 4.00. The SMILES string of the molecule is NCCCCC(NC(=O)C(CCCN=C(N)N)NC(=O)C(N)Cc1c[nH]c2ccccc12)C(=O)NCC(=O)O. The predicted molar refractivity (Wildman–Crippen MR) is 147 cm³/mol. The summed E-state index contributed by atoms with van der Waals surface area (Å²) in [5.41, 5.74) is 24.2. The molecule has 3 unspecified atom stereocenters. The molecule has 2 rings (SSSR count). The van der Waals surface area contributed by atoms with Gasteiger partial charge in [0.1, 0.15) is 18.6 Å². The van der Waals surface area contributed by atoms with Crippen LogP contribution in [-0.2, 0) is 25.6 Å². The van der Waals surface area contributed by atoms with E-state index in [9.17, 15) is 19.2 Å². The summed E-state index contributed by atoms with van der Waals surface area (Å²) in [6.07, 6.45) is 3.93. The number of aliphatic carboxylic acids is 1. The van der Waals surface area contributed by atoms with Crippen LogP contribution in [-0.4, -0.2) is 77.5 Å². The summed E-state index contributed by atoms with van der Waals surface area (Å²) in [6.45, 7) is 0.0288. The van der Waals surface area contributed by atoms with E-state index in [0.29, 0.717) is 25.8 Å². The van der Waals surface area contributed by atoms with Crippen molar-refractivity contribution in [3.8, 4) is 0 Å². The lowest BCUT2D eigenvalue weighted by molar-refractivity contribution is -0.138. The molecule has 39 heavy (non-hydrogen) atoms. The van der Waals surface area contributed by atoms with Crippen LogP contribution in [0.3, 0.4) is 0 Å². The second-order valence-electron chi connectivity index (χ2n) is 9.14. The van der Waals surface area contributed by atoms with Crippen LogP contribution in [0.15, 0.2) is 35.5 Å². The monoisotopic (exact) mass is 545 g/mol. The van der Waals surface area contributed by atoms with Gasteiger partial charge in [-0.1, -0.05) is 18.2 Å². The second kappa shape index (κ2) is 15.9. The highest BCUT2D eigenvalue weighted by Crippen LogP contribution is 2.19. The fraction of sp³-hybridized carbons (Fsp3) is 0.480. The Hall–Kier alpha value is -4.17. The van der Waals surface area contributed by atoms with Crippen LogP contribution in [0.2, 0.25) is 0 Å². The molecule has 14 heteroatoms. The topological polar surface area (TPSA) is 257 Å². The molecule has 3 amide bonds. The lowest BCUT2D eigenvalue weighted by atomic mass is 10.0. The van der Waals surface area contributed by atoms with Crippen molar-refractivity contribution in [2.45, 2.75) is 56.7 Å². The van der Waals surface area contributed by atoms with Crippen molar-refractivity contribution >= 4 is 40.6 Å². The molecule has 13 N–H and O–H groups in total. The van der Waals surface area contributed by atoms with Gasteiger partial charge in [0.25, 0.3) is 0 Å². The lowest BCUT2D eigenvalue weighted by Crippen LogP contribution is -2.56. The number of amides is 3. The van der Waals surface area contributed by atoms with Gasteiger partial charge in [-0.2, -0.15) is 0 Å². The minimum absolute atomic E-state index is 0.101. The molecule has 1 aromatic carbocycles. The van der Waals surface area contributed by atoms with Crippen LogP contribution >= 0.6 is 0 Å². The van der Waals surface area contributed by atoms with Crippen molar-refractivity contribution in [1.29, 1.82) is 0 Å². The highest BCUT2D eigenvalue weighted by Gasteiger charge is 2.28. The fourth-order valence-electron chi connectivity index (χ4n) is 4.00. The molecule has 3 atom stereocenters. The Bertz CT molecular complexity index is 1150. The summed E-state index contributed by atoms with van der Waals surface area (Å²) < 4.78 is 0. The van der Waals surface area contributed by atoms with Crippen molar-refractivity contribution in [2.75, 3.05) is 19.6 Å². The van der Waals surface area contributed by atoms with E-state index in [1.807, 2.05) is 24.3 Å². The van der Waals surface area contributed by atoms with Crippen molar-refractivity contribution in [3.05, 3.63) is 36.0 Å². The summed E-state index contributed by atoms with van der Waals surface area (Å²) in [7, 11) is 0. The average Bonchev–Trinajstić information content (AvgIpc) is 3.30. The molecular weight excluding hydrogens is 506 g/mol. The van der Waals surface area contributed by atoms with E-state index >= 15 is 0 Å². The normalized spacial score (nSPS) is 13.2. The molecule has 0 aliphatic rings. The number of rotatable bonds is 17. The first-order chi connectivity index (χ1) is 18.6. The molecular formula is C25H39N9O5. The first-order valence-corrected chi connectivity index (χ1v) is 12.8. The minimum atomic E-state index is -1.22. The maximum Gasteiger partial charge on any atom is 0.322 e. The number of guanidine groups is 1. The molecule has 2 aromatic rings. The molecule has 0 saturated heterocycles. The molecule has 0 bridgehead atoms. The van der Waals surface area contributed by atoms with Gasteiger partial charge < -0.3 is 49.0 Å². The van der Waals surface area contributed by atoms with Gasteiger partial charge in [-0.15, -0.1) is 0 Å². The number of hydrogen-bond acceptors (Lipinski definition) is 7. The largest absolute Gasteiger partial charge is 0.480 e. The van der Waals surface area contributed by atoms with Crippen molar-refractivity contribution in [3.63, 3.8) is 0 Å². The summed E-state index contributed by atoms with van der Waals surface area (Å²) >= 11 is 0. The zero-order valence-electron chi connectivity index (χ0n) is 21.8. The third-order valence-corrected chi connectivity index (χ3v) is 6.02. The number of aliphatic imine (C=N–C) groups is 1. The van der Waals surface area contributed by atoms with E-state index in [1.165, 1.54) is 0 Å². The first-order valence-electron chi connectivity index (χ1n) is 12.8. The zero-order chi connectivity index (χ0) is 28.8. The van der Waals surface area contributed by atoms with Crippen LogP contribution in [0.1, 0.15) is 37.7 Å². The van der Waals surface area contributed by atoms with Crippen molar-refractivity contribution in [1.82, 2.24) is 20.9 Å². The third kappa shape index (κ3) is 10.6. The Kier molecular flexibility index (Phi) is 12.7. The van der Waals surface area contributed by atoms with Crippen LogP contribution in [0.25, 0.3) is 10.9 Å². The highest BCUT2D eigenvalue weighted by atomic mass is 16.4. The highest BCUT2D eigenvalue weighted by molar-refractivity contribution is 5.94. The van der Waals surface area contributed by atoms with Crippen LogP contribution < -0.4 is 38.9 Å². The molecule has 1 aromatic heterocycles. The van der Waals surface area contributed by atoms with Crippen molar-refractivity contribution < 1.29 is 24.3 Å². The van der Waals surface area contributed by atoms with Gasteiger partial charge in [0, 0.05) is 23.6 Å². The number of aromatic amines is 1. The van der Waals surface area contributed by atoms with Gasteiger partial charge >= 0.3 is 5.97 Å². The number of nitrogens with zero attached hydrogens (tertiary/aromatic N) is 1. The number of para-hydroxylation sites is 1. The van der Waals surface area contributed by atoms with Gasteiger partial charge in [0.15, 0.2) is 5.96 Å². The number of carboxylic acids is 1. The molecule has 0 aliphatic heterocycles. The number of aromatic nitrogens is 1. The number of fused-ring (bicyclic) bond motifs is 1. The number of carbonyl (C=O) groups excluding carboxylic acids is 3. The summed E-state index contributed by atoms with van der Waals surface area (Å²) in [6, 6.07) is 4.62. The minimum Gasteiger partial charge on any atom is -0.480 e. The number of hydrogen-bond donors (Lipinski definition) is 9. The lowest BCUT2D eigenvalue weighted by Gasteiger charge is -2.24. The average molecular weight is 546 g/mol. The number of carboxylic acid groups (broad SMARTS) is 1. The zero-order valence-corrected chi connectivity index (χ0v) is 21.8. The Balaban J connectivity index is 2.12. The van der Waals surface area contributed by atoms with Gasteiger partial charge in [-0.3, -0.25) is 24.2 Å². The molecule has 0 radical (unpaired) electrons. The maximum atomic E-state index is 13.2. The molecule has 14 nitrogen and oxygen atoms in total. The summed E-state index contributed by atoms with van der Waals surface area (Å²) in [4.78, 5) is 56.7. The van der Waals surface area contributed by atoms with E-state index in [-0.39, 0.29) is 31.8 Å². The Morgan fingerprint density at radius 1 is 0.949 bits per heavy atom. The Labute approximate surface area is 226 Å². The van der Waals surface area contributed by atoms with E-state index in [1.54, 1.807) is 6.20 Å². The van der Waals surface area contributed by atoms with Gasteiger partial charge in [0.05, 0.1) is 6.04 Å². The van der Waals surface area contributed by atoms with Gasteiger partial charge in [0.2, 0.25) is 17.7 Å².